The summed E-state index contributed by atoms with van der Waals surface area (Å²) in [6.07, 6.45) is 0. The van der Waals surface area contributed by atoms with Gasteiger partial charge in [-0.15, -0.1) is 0 Å². The van der Waals surface area contributed by atoms with Crippen LogP contribution < -0.4 is 5.73 Å². The number of hydrogen-bond donors (Lipinski definition) is 2. The van der Waals surface area contributed by atoms with Gasteiger partial charge in [0, 0.05) is 18.5 Å². The van der Waals surface area contributed by atoms with Crippen LogP contribution in [0.25, 0.3) is 0 Å². The van der Waals surface area contributed by atoms with Gasteiger partial charge >= 0.3 is 5.97 Å². The monoisotopic (exact) mass is 156 g/mol. The Kier molecular flexibility index (Phi) is 3.30. The van der Waals surface area contributed by atoms with Crippen LogP contribution in [0.3, 0.4) is 0 Å². The molecule has 0 aliphatic carbocycles. The third-order valence-electron chi connectivity index (χ3n) is 1.31. The van der Waals surface area contributed by atoms with Crippen molar-refractivity contribution in [2.45, 2.75) is 13.8 Å². The number of aliphatic carboxylic acids is 1. The van der Waals surface area contributed by atoms with Crippen LogP contribution in [0.2, 0.25) is 0 Å². The van der Waals surface area contributed by atoms with Crippen LogP contribution in [0.4, 0.5) is 0 Å². The van der Waals surface area contributed by atoms with Crippen LogP contribution >= 0.6 is 0 Å². The SMILES string of the molecule is CN=C(C)C(C(=O)O)=C(C)N. The number of rotatable bonds is 2. The predicted octanol–water partition coefficient (Wildman–Crippen LogP) is 0.394. The quantitative estimate of drug-likeness (QED) is 0.448. The highest BCUT2D eigenvalue weighted by atomic mass is 16.4. The van der Waals surface area contributed by atoms with Crippen molar-refractivity contribution in [2.75, 3.05) is 7.05 Å². The summed E-state index contributed by atoms with van der Waals surface area (Å²) in [5.74, 6) is -1.03. The molecule has 0 spiro atoms. The minimum absolute atomic E-state index is 0.0903. The number of carbonyl (C=O) groups is 1. The summed E-state index contributed by atoms with van der Waals surface area (Å²) in [5, 5.41) is 8.63. The van der Waals surface area contributed by atoms with E-state index in [1.807, 2.05) is 0 Å². The molecule has 0 aromatic rings. The molecule has 4 nitrogen and oxygen atoms in total. The maximum Gasteiger partial charge on any atom is 0.339 e. The van der Waals surface area contributed by atoms with Gasteiger partial charge < -0.3 is 10.8 Å². The van der Waals surface area contributed by atoms with Crippen LogP contribution in [0, 0.1) is 0 Å². The van der Waals surface area contributed by atoms with Gasteiger partial charge in [-0.2, -0.15) is 0 Å². The second-order valence-electron chi connectivity index (χ2n) is 2.17. The van der Waals surface area contributed by atoms with E-state index in [9.17, 15) is 4.79 Å². The van der Waals surface area contributed by atoms with Crippen molar-refractivity contribution in [3.8, 4) is 0 Å². The minimum Gasteiger partial charge on any atom is -0.478 e. The molecule has 0 unspecified atom stereocenters. The van der Waals surface area contributed by atoms with Crippen molar-refractivity contribution >= 4 is 11.7 Å². The Bertz CT molecular complexity index is 225. The topological polar surface area (TPSA) is 75.7 Å². The van der Waals surface area contributed by atoms with Crippen LogP contribution in [0.1, 0.15) is 13.8 Å². The van der Waals surface area contributed by atoms with Crippen molar-refractivity contribution < 1.29 is 9.90 Å². The molecule has 0 heterocycles. The van der Waals surface area contributed by atoms with Gasteiger partial charge in [0.05, 0.1) is 5.57 Å². The maximum absolute atomic E-state index is 10.5. The summed E-state index contributed by atoms with van der Waals surface area (Å²) in [7, 11) is 1.53. The second kappa shape index (κ2) is 3.75. The Hall–Kier alpha value is -1.32. The van der Waals surface area contributed by atoms with E-state index in [-0.39, 0.29) is 11.3 Å². The molecule has 11 heavy (non-hydrogen) atoms. The Balaban J connectivity index is 4.95. The summed E-state index contributed by atoms with van der Waals surface area (Å²) >= 11 is 0. The average Bonchev–Trinajstić information content (AvgIpc) is 1.85. The van der Waals surface area contributed by atoms with Gasteiger partial charge in [-0.1, -0.05) is 0 Å². The molecule has 0 saturated carbocycles. The largest absolute Gasteiger partial charge is 0.478 e. The standard InChI is InChI=1S/C7H12N2O2/c1-4(8)6(7(10)11)5(2)9-3/h8H2,1-3H3,(H,10,11). The number of carboxylic acid groups (broad SMARTS) is 1. The number of allylic oxidation sites excluding steroid dienone is 1. The normalized spacial score (nSPS) is 14.3. The molecular formula is C7H12N2O2. The van der Waals surface area contributed by atoms with E-state index in [4.69, 9.17) is 10.8 Å². The molecule has 0 aliphatic heterocycles. The Morgan fingerprint density at radius 2 is 1.91 bits per heavy atom. The highest BCUT2D eigenvalue weighted by Gasteiger charge is 2.12. The molecule has 0 radical (unpaired) electrons. The molecule has 0 bridgehead atoms. The fourth-order valence-electron chi connectivity index (χ4n) is 0.721. The Labute approximate surface area is 65.4 Å². The zero-order valence-corrected chi connectivity index (χ0v) is 6.88. The molecule has 0 aliphatic rings. The van der Waals surface area contributed by atoms with E-state index < -0.39 is 5.97 Å². The lowest BCUT2D eigenvalue weighted by Gasteiger charge is -2.01. The molecule has 62 valence electrons. The third kappa shape index (κ3) is 2.41. The molecular weight excluding hydrogens is 144 g/mol. The summed E-state index contributed by atoms with van der Waals surface area (Å²) in [6, 6.07) is 0. The third-order valence-corrected chi connectivity index (χ3v) is 1.31. The molecule has 0 saturated heterocycles. The van der Waals surface area contributed by atoms with Crippen LogP contribution in [-0.2, 0) is 4.79 Å². The van der Waals surface area contributed by atoms with Crippen molar-refractivity contribution in [1.82, 2.24) is 0 Å². The summed E-state index contributed by atoms with van der Waals surface area (Å²) in [6.45, 7) is 3.15. The summed E-state index contributed by atoms with van der Waals surface area (Å²) in [5.41, 5.74) is 6.14. The first-order chi connectivity index (χ1) is 5.00. The molecule has 0 rings (SSSR count). The lowest BCUT2D eigenvalue weighted by atomic mass is 10.1. The van der Waals surface area contributed by atoms with E-state index in [1.54, 1.807) is 6.92 Å². The Morgan fingerprint density at radius 3 is 2.00 bits per heavy atom. The fourth-order valence-corrected chi connectivity index (χ4v) is 0.721. The Morgan fingerprint density at radius 1 is 1.45 bits per heavy atom. The number of nitrogens with zero attached hydrogens (tertiary/aromatic N) is 1. The first-order valence-electron chi connectivity index (χ1n) is 3.14. The van der Waals surface area contributed by atoms with Gasteiger partial charge in [0.2, 0.25) is 0 Å². The smallest absolute Gasteiger partial charge is 0.339 e. The lowest BCUT2D eigenvalue weighted by Crippen LogP contribution is -2.15. The molecule has 0 fully saturated rings. The van der Waals surface area contributed by atoms with E-state index in [1.165, 1.54) is 14.0 Å². The van der Waals surface area contributed by atoms with E-state index >= 15 is 0 Å². The summed E-state index contributed by atoms with van der Waals surface area (Å²) < 4.78 is 0. The second-order valence-corrected chi connectivity index (χ2v) is 2.17. The van der Waals surface area contributed by atoms with Crippen molar-refractivity contribution in [1.29, 1.82) is 0 Å². The zero-order chi connectivity index (χ0) is 9.02. The van der Waals surface area contributed by atoms with Gasteiger partial charge in [0.25, 0.3) is 0 Å². The van der Waals surface area contributed by atoms with Gasteiger partial charge in [0.1, 0.15) is 0 Å². The first kappa shape index (κ1) is 9.68. The van der Waals surface area contributed by atoms with Crippen LogP contribution in [-0.4, -0.2) is 23.8 Å². The van der Waals surface area contributed by atoms with E-state index in [0.29, 0.717) is 5.71 Å². The number of nitrogens with two attached hydrogens (primary N) is 1. The maximum atomic E-state index is 10.5. The zero-order valence-electron chi connectivity index (χ0n) is 6.88. The van der Waals surface area contributed by atoms with Crippen LogP contribution in [0.15, 0.2) is 16.3 Å². The number of aliphatic imine (C=N–C) groups is 1. The molecule has 0 atom stereocenters. The molecule has 0 aromatic heterocycles. The van der Waals surface area contributed by atoms with Gasteiger partial charge in [-0.05, 0) is 13.8 Å². The molecule has 4 heteroatoms. The van der Waals surface area contributed by atoms with Crippen molar-refractivity contribution in [3.05, 3.63) is 11.3 Å². The lowest BCUT2D eigenvalue weighted by molar-refractivity contribution is -0.132. The molecule has 3 N–H and O–H groups in total. The van der Waals surface area contributed by atoms with Gasteiger partial charge in [0.15, 0.2) is 0 Å². The van der Waals surface area contributed by atoms with Gasteiger partial charge in [-0.3, -0.25) is 4.99 Å². The molecule has 0 aromatic carbocycles. The van der Waals surface area contributed by atoms with Crippen LogP contribution in [0.5, 0.6) is 0 Å². The van der Waals surface area contributed by atoms with E-state index in [2.05, 4.69) is 4.99 Å². The van der Waals surface area contributed by atoms with Crippen molar-refractivity contribution in [3.63, 3.8) is 0 Å². The van der Waals surface area contributed by atoms with E-state index in [0.717, 1.165) is 0 Å². The molecule has 0 amide bonds. The average molecular weight is 156 g/mol. The minimum atomic E-state index is -1.03. The van der Waals surface area contributed by atoms with Gasteiger partial charge in [-0.25, -0.2) is 4.79 Å². The predicted molar refractivity (Wildman–Crippen MR) is 43.6 cm³/mol. The fraction of sp³-hybridized carbons (Fsp3) is 0.429. The highest BCUT2D eigenvalue weighted by molar-refractivity contribution is 6.18. The summed E-state index contributed by atoms with van der Waals surface area (Å²) in [4.78, 5) is 14.3. The highest BCUT2D eigenvalue weighted by Crippen LogP contribution is 2.01. The number of hydrogen-bond acceptors (Lipinski definition) is 3. The van der Waals surface area contributed by atoms with Crippen molar-refractivity contribution in [2.24, 2.45) is 10.7 Å². The first-order valence-corrected chi connectivity index (χ1v) is 3.14. The number of carboxylic acids is 1.